The molecule has 1 unspecified atom stereocenters. The van der Waals surface area contributed by atoms with Crippen molar-refractivity contribution >= 4 is 5.97 Å². The second-order valence-corrected chi connectivity index (χ2v) is 5.88. The van der Waals surface area contributed by atoms with E-state index in [-0.39, 0.29) is 17.5 Å². The van der Waals surface area contributed by atoms with Crippen LogP contribution in [0.15, 0.2) is 0 Å². The van der Waals surface area contributed by atoms with Crippen molar-refractivity contribution in [2.45, 2.75) is 73.3 Å². The monoisotopic (exact) mass is 228 g/mol. The minimum absolute atomic E-state index is 0.0227. The lowest BCUT2D eigenvalue weighted by atomic mass is 9.84. The fourth-order valence-electron chi connectivity index (χ4n) is 1.52. The van der Waals surface area contributed by atoms with Crippen LogP contribution in [0.2, 0.25) is 0 Å². The number of ether oxygens (including phenoxy) is 1. The maximum absolute atomic E-state index is 11.7. The van der Waals surface area contributed by atoms with Crippen LogP contribution < -0.4 is 0 Å². The minimum Gasteiger partial charge on any atom is -0.462 e. The van der Waals surface area contributed by atoms with Crippen molar-refractivity contribution in [3.05, 3.63) is 0 Å². The standard InChI is InChI=1S/C14H28O2/c1-7-8-9-14(5,6)10-13(15)16-12(4)11(2)3/h11-12H,7-10H2,1-6H3. The van der Waals surface area contributed by atoms with Crippen LogP contribution in [0.4, 0.5) is 0 Å². The molecule has 1 atom stereocenters. The third kappa shape index (κ3) is 6.86. The maximum atomic E-state index is 11.7. The first-order chi connectivity index (χ1) is 7.28. The zero-order chi connectivity index (χ0) is 12.8. The Labute approximate surface area is 101 Å². The van der Waals surface area contributed by atoms with Crippen molar-refractivity contribution in [2.75, 3.05) is 0 Å². The summed E-state index contributed by atoms with van der Waals surface area (Å²) in [5, 5.41) is 0. The highest BCUT2D eigenvalue weighted by Crippen LogP contribution is 2.28. The van der Waals surface area contributed by atoms with Gasteiger partial charge in [-0.3, -0.25) is 4.79 Å². The molecule has 0 saturated heterocycles. The van der Waals surface area contributed by atoms with E-state index in [1.165, 1.54) is 12.8 Å². The second-order valence-electron chi connectivity index (χ2n) is 5.88. The summed E-state index contributed by atoms with van der Waals surface area (Å²) in [6.45, 7) is 12.6. The predicted octanol–water partition coefficient (Wildman–Crippen LogP) is 4.18. The Morgan fingerprint density at radius 2 is 1.81 bits per heavy atom. The van der Waals surface area contributed by atoms with E-state index in [0.29, 0.717) is 12.3 Å². The molecule has 0 aliphatic heterocycles. The van der Waals surface area contributed by atoms with Gasteiger partial charge in [0, 0.05) is 0 Å². The summed E-state index contributed by atoms with van der Waals surface area (Å²) >= 11 is 0. The molecule has 96 valence electrons. The fraction of sp³-hybridized carbons (Fsp3) is 0.929. The van der Waals surface area contributed by atoms with E-state index in [2.05, 4.69) is 34.6 Å². The number of rotatable bonds is 7. The zero-order valence-electron chi connectivity index (χ0n) is 11.8. The second kappa shape index (κ2) is 6.93. The van der Waals surface area contributed by atoms with Crippen LogP contribution in [0.1, 0.15) is 67.2 Å². The van der Waals surface area contributed by atoms with Crippen molar-refractivity contribution < 1.29 is 9.53 Å². The Hall–Kier alpha value is -0.530. The van der Waals surface area contributed by atoms with Crippen LogP contribution in [0.5, 0.6) is 0 Å². The van der Waals surface area contributed by atoms with Gasteiger partial charge in [-0.05, 0) is 24.7 Å². The van der Waals surface area contributed by atoms with Gasteiger partial charge in [-0.15, -0.1) is 0 Å². The molecule has 0 aliphatic carbocycles. The van der Waals surface area contributed by atoms with E-state index >= 15 is 0 Å². The van der Waals surface area contributed by atoms with E-state index in [0.717, 1.165) is 6.42 Å². The summed E-state index contributed by atoms with van der Waals surface area (Å²) in [6.07, 6.45) is 4.01. The molecule has 0 fully saturated rings. The van der Waals surface area contributed by atoms with Crippen molar-refractivity contribution in [3.63, 3.8) is 0 Å². The van der Waals surface area contributed by atoms with Gasteiger partial charge in [0.2, 0.25) is 0 Å². The third-order valence-corrected chi connectivity index (χ3v) is 3.09. The lowest BCUT2D eigenvalue weighted by molar-refractivity contribution is -0.152. The molecule has 0 heterocycles. The SMILES string of the molecule is CCCCC(C)(C)CC(=O)OC(C)C(C)C. The number of hydrogen-bond acceptors (Lipinski definition) is 2. The lowest BCUT2D eigenvalue weighted by Gasteiger charge is -2.25. The van der Waals surface area contributed by atoms with Gasteiger partial charge in [-0.2, -0.15) is 0 Å². The summed E-state index contributed by atoms with van der Waals surface area (Å²) in [4.78, 5) is 11.7. The van der Waals surface area contributed by atoms with Gasteiger partial charge < -0.3 is 4.74 Å². The van der Waals surface area contributed by atoms with Crippen molar-refractivity contribution in [1.82, 2.24) is 0 Å². The molecular weight excluding hydrogens is 200 g/mol. The molecule has 0 aliphatic rings. The van der Waals surface area contributed by atoms with Gasteiger partial charge in [0.1, 0.15) is 6.10 Å². The fourth-order valence-corrected chi connectivity index (χ4v) is 1.52. The van der Waals surface area contributed by atoms with Crippen molar-refractivity contribution in [1.29, 1.82) is 0 Å². The average molecular weight is 228 g/mol. The summed E-state index contributed by atoms with van der Waals surface area (Å²) in [6, 6.07) is 0. The Bertz CT molecular complexity index is 207. The van der Waals surface area contributed by atoms with Crippen molar-refractivity contribution in [3.8, 4) is 0 Å². The first-order valence-electron chi connectivity index (χ1n) is 6.48. The first-order valence-corrected chi connectivity index (χ1v) is 6.48. The van der Waals surface area contributed by atoms with Gasteiger partial charge in [-0.25, -0.2) is 0 Å². The molecule has 2 heteroatoms. The number of unbranched alkanes of at least 4 members (excludes halogenated alkanes) is 1. The van der Waals surface area contributed by atoms with Gasteiger partial charge >= 0.3 is 5.97 Å². The number of esters is 1. The molecule has 16 heavy (non-hydrogen) atoms. The quantitative estimate of drug-likeness (QED) is 0.611. The van der Waals surface area contributed by atoms with Crippen LogP contribution in [0.25, 0.3) is 0 Å². The summed E-state index contributed by atoms with van der Waals surface area (Å²) in [5.41, 5.74) is 0.0732. The van der Waals surface area contributed by atoms with E-state index in [4.69, 9.17) is 4.74 Å². The molecule has 2 nitrogen and oxygen atoms in total. The molecule has 0 N–H and O–H groups in total. The Morgan fingerprint density at radius 3 is 2.25 bits per heavy atom. The predicted molar refractivity (Wildman–Crippen MR) is 68.3 cm³/mol. The molecule has 0 radical (unpaired) electrons. The van der Waals surface area contributed by atoms with Crippen LogP contribution in [0.3, 0.4) is 0 Å². The zero-order valence-corrected chi connectivity index (χ0v) is 11.8. The van der Waals surface area contributed by atoms with Crippen LogP contribution in [0, 0.1) is 11.3 Å². The Balaban J connectivity index is 4.03. The summed E-state index contributed by atoms with van der Waals surface area (Å²) in [7, 11) is 0. The van der Waals surface area contributed by atoms with E-state index in [1.807, 2.05) is 6.92 Å². The number of carbonyl (C=O) groups excluding carboxylic acids is 1. The molecule has 0 saturated carbocycles. The largest absolute Gasteiger partial charge is 0.462 e. The normalized spacial score (nSPS) is 13.9. The molecule has 0 aromatic heterocycles. The lowest BCUT2D eigenvalue weighted by Crippen LogP contribution is -2.24. The molecule has 0 bridgehead atoms. The molecule has 0 amide bonds. The first kappa shape index (κ1) is 15.5. The van der Waals surface area contributed by atoms with Crippen LogP contribution in [-0.2, 0) is 9.53 Å². The Morgan fingerprint density at radius 1 is 1.25 bits per heavy atom. The number of carbonyl (C=O) groups is 1. The van der Waals surface area contributed by atoms with Gasteiger partial charge in [0.15, 0.2) is 0 Å². The van der Waals surface area contributed by atoms with E-state index in [1.54, 1.807) is 0 Å². The van der Waals surface area contributed by atoms with E-state index in [9.17, 15) is 4.79 Å². The third-order valence-electron chi connectivity index (χ3n) is 3.09. The smallest absolute Gasteiger partial charge is 0.306 e. The topological polar surface area (TPSA) is 26.3 Å². The summed E-state index contributed by atoms with van der Waals surface area (Å²) in [5.74, 6) is 0.338. The van der Waals surface area contributed by atoms with Gasteiger partial charge in [0.05, 0.1) is 6.42 Å². The highest BCUT2D eigenvalue weighted by molar-refractivity contribution is 5.70. The van der Waals surface area contributed by atoms with Gasteiger partial charge in [0.25, 0.3) is 0 Å². The van der Waals surface area contributed by atoms with Gasteiger partial charge in [-0.1, -0.05) is 47.5 Å². The Kier molecular flexibility index (Phi) is 6.70. The molecular formula is C14H28O2. The van der Waals surface area contributed by atoms with Crippen molar-refractivity contribution in [2.24, 2.45) is 11.3 Å². The molecule has 0 aromatic rings. The van der Waals surface area contributed by atoms with Crippen LogP contribution >= 0.6 is 0 Å². The van der Waals surface area contributed by atoms with E-state index < -0.39 is 0 Å². The van der Waals surface area contributed by atoms with Crippen LogP contribution in [-0.4, -0.2) is 12.1 Å². The number of hydrogen-bond donors (Lipinski definition) is 0. The molecule has 0 rings (SSSR count). The summed E-state index contributed by atoms with van der Waals surface area (Å²) < 4.78 is 5.39. The molecule has 0 spiro atoms. The highest BCUT2D eigenvalue weighted by atomic mass is 16.5. The highest BCUT2D eigenvalue weighted by Gasteiger charge is 2.23. The average Bonchev–Trinajstić information content (AvgIpc) is 2.13. The molecule has 0 aromatic carbocycles. The maximum Gasteiger partial charge on any atom is 0.306 e. The minimum atomic E-state index is -0.0534.